The van der Waals surface area contributed by atoms with Gasteiger partial charge in [0.25, 0.3) is 0 Å². The third-order valence-corrected chi connectivity index (χ3v) is 8.62. The molecule has 280 valence electrons. The van der Waals surface area contributed by atoms with Crippen LogP contribution in [0.1, 0.15) is 155 Å². The molecule has 12 heteroatoms. The minimum Gasteiger partial charge on any atom is -0.480 e. The summed E-state index contributed by atoms with van der Waals surface area (Å²) in [5.41, 5.74) is 5.30. The minimum atomic E-state index is -4.71. The molecular weight excluding hydrogens is 637 g/mol. The van der Waals surface area contributed by atoms with Gasteiger partial charge in [-0.1, -0.05) is 109 Å². The third-order valence-electron chi connectivity index (χ3n) is 7.67. The summed E-state index contributed by atoms with van der Waals surface area (Å²) in [6, 6.07) is -1.52. The molecule has 0 aromatic heterocycles. The molecule has 11 nitrogen and oxygen atoms in total. The minimum absolute atomic E-state index is 0.150. The molecule has 0 aliphatic heterocycles. The SMILES string of the molecule is CCCC/C=C\CCCCCCCC(=O)O[C@H](COC(=O)CCCCCCC/C=C\CCCCCC)COP(=O)(O)OC[C@H](N)C(=O)O. The first kappa shape index (κ1) is 46.0. The number of unbranched alkanes of at least 4 members (excludes halogenated alkanes) is 16. The Labute approximate surface area is 290 Å². The fourth-order valence-electron chi connectivity index (χ4n) is 4.69. The maximum absolute atomic E-state index is 12.5. The molecule has 1 unspecified atom stereocenters. The van der Waals surface area contributed by atoms with Crippen LogP contribution in [0.2, 0.25) is 0 Å². The predicted molar refractivity (Wildman–Crippen MR) is 189 cm³/mol. The Morgan fingerprint density at radius 2 is 1.06 bits per heavy atom. The average Bonchev–Trinajstić information content (AvgIpc) is 3.05. The molecule has 0 heterocycles. The van der Waals surface area contributed by atoms with Gasteiger partial charge in [-0.3, -0.25) is 23.4 Å². The summed E-state index contributed by atoms with van der Waals surface area (Å²) in [4.78, 5) is 45.6. The number of carbonyl (C=O) groups excluding carboxylic acids is 2. The van der Waals surface area contributed by atoms with Crippen molar-refractivity contribution in [3.63, 3.8) is 0 Å². The van der Waals surface area contributed by atoms with Crippen LogP contribution in [-0.2, 0) is 37.5 Å². The molecule has 48 heavy (non-hydrogen) atoms. The second kappa shape index (κ2) is 32.2. The van der Waals surface area contributed by atoms with Crippen LogP contribution in [-0.4, -0.2) is 59.9 Å². The predicted octanol–water partition coefficient (Wildman–Crippen LogP) is 8.72. The van der Waals surface area contributed by atoms with Gasteiger partial charge in [-0.05, 0) is 57.8 Å². The van der Waals surface area contributed by atoms with E-state index in [1.165, 1.54) is 38.5 Å². The maximum atomic E-state index is 12.5. The molecule has 0 rings (SSSR count). The Morgan fingerprint density at radius 3 is 1.58 bits per heavy atom. The molecule has 0 fully saturated rings. The fourth-order valence-corrected chi connectivity index (χ4v) is 5.46. The largest absolute Gasteiger partial charge is 0.480 e. The van der Waals surface area contributed by atoms with Gasteiger partial charge >= 0.3 is 25.7 Å². The number of ether oxygens (including phenoxy) is 2. The summed E-state index contributed by atoms with van der Waals surface area (Å²) in [7, 11) is -4.71. The van der Waals surface area contributed by atoms with Gasteiger partial charge in [0.1, 0.15) is 12.6 Å². The lowest BCUT2D eigenvalue weighted by atomic mass is 10.1. The topological polar surface area (TPSA) is 172 Å². The first-order valence-electron chi connectivity index (χ1n) is 18.4. The highest BCUT2D eigenvalue weighted by atomic mass is 31.2. The van der Waals surface area contributed by atoms with E-state index in [0.717, 1.165) is 77.0 Å². The zero-order chi connectivity index (χ0) is 35.7. The molecular formula is C36H66NO10P. The van der Waals surface area contributed by atoms with Gasteiger partial charge in [-0.15, -0.1) is 0 Å². The molecule has 4 N–H and O–H groups in total. The van der Waals surface area contributed by atoms with Crippen LogP contribution >= 0.6 is 7.82 Å². The van der Waals surface area contributed by atoms with Gasteiger partial charge in [0.15, 0.2) is 6.10 Å². The van der Waals surface area contributed by atoms with Crippen molar-refractivity contribution in [2.45, 2.75) is 167 Å². The van der Waals surface area contributed by atoms with Crippen LogP contribution in [0.25, 0.3) is 0 Å². The lowest BCUT2D eigenvalue weighted by molar-refractivity contribution is -0.161. The first-order valence-corrected chi connectivity index (χ1v) is 19.9. The number of carboxylic acids is 1. The lowest BCUT2D eigenvalue weighted by Crippen LogP contribution is -2.34. The molecule has 0 bridgehead atoms. The maximum Gasteiger partial charge on any atom is 0.472 e. The molecule has 0 radical (unpaired) electrons. The second-order valence-electron chi connectivity index (χ2n) is 12.3. The van der Waals surface area contributed by atoms with Gasteiger partial charge in [0, 0.05) is 12.8 Å². The van der Waals surface area contributed by atoms with Crippen LogP contribution < -0.4 is 5.73 Å². The molecule has 0 aliphatic rings. The zero-order valence-corrected chi connectivity index (χ0v) is 30.7. The Balaban J connectivity index is 4.48. The van der Waals surface area contributed by atoms with Gasteiger partial charge in [0.2, 0.25) is 0 Å². The Bertz CT molecular complexity index is 926. The smallest absolute Gasteiger partial charge is 0.472 e. The number of phosphoric acid groups is 1. The first-order chi connectivity index (χ1) is 23.1. The number of hydrogen-bond acceptors (Lipinski definition) is 9. The van der Waals surface area contributed by atoms with E-state index in [1.807, 2.05) is 0 Å². The van der Waals surface area contributed by atoms with E-state index in [0.29, 0.717) is 12.8 Å². The molecule has 0 amide bonds. The standard InChI is InChI=1S/C36H66NO10P/c1-3-5-7-9-11-13-15-16-18-19-21-23-25-27-34(38)44-29-32(30-45-48(42,43)46-31-33(37)36(40)41)47-35(39)28-26-24-22-20-17-14-12-10-8-6-4-2/h10,12-13,15,32-33H,3-9,11,14,16-31,37H2,1-2H3,(H,40,41)(H,42,43)/b12-10-,15-13-/t32-,33+/m1/s1. The summed E-state index contributed by atoms with van der Waals surface area (Å²) in [5.74, 6) is -2.40. The van der Waals surface area contributed by atoms with Crippen LogP contribution in [0.3, 0.4) is 0 Å². The number of esters is 2. The number of carbonyl (C=O) groups is 3. The van der Waals surface area contributed by atoms with Crippen molar-refractivity contribution in [1.82, 2.24) is 0 Å². The van der Waals surface area contributed by atoms with Crippen LogP contribution in [0.4, 0.5) is 0 Å². The summed E-state index contributed by atoms with van der Waals surface area (Å²) in [5, 5.41) is 8.84. The summed E-state index contributed by atoms with van der Waals surface area (Å²) < 4.78 is 32.5. The third kappa shape index (κ3) is 31.2. The highest BCUT2D eigenvalue weighted by Gasteiger charge is 2.28. The van der Waals surface area contributed by atoms with E-state index in [1.54, 1.807) is 0 Å². The van der Waals surface area contributed by atoms with Crippen LogP contribution in [0.5, 0.6) is 0 Å². The van der Waals surface area contributed by atoms with E-state index >= 15 is 0 Å². The molecule has 0 aromatic rings. The highest BCUT2D eigenvalue weighted by Crippen LogP contribution is 2.43. The number of phosphoric ester groups is 1. The molecule has 3 atom stereocenters. The van der Waals surface area contributed by atoms with Gasteiger partial charge in [-0.2, -0.15) is 0 Å². The molecule has 0 saturated carbocycles. The molecule has 0 spiro atoms. The fraction of sp³-hybridized carbons (Fsp3) is 0.806. The van der Waals surface area contributed by atoms with Crippen molar-refractivity contribution in [1.29, 1.82) is 0 Å². The van der Waals surface area contributed by atoms with Crippen molar-refractivity contribution < 1.29 is 47.5 Å². The van der Waals surface area contributed by atoms with Gasteiger partial charge < -0.3 is 25.2 Å². The van der Waals surface area contributed by atoms with Crippen LogP contribution in [0, 0.1) is 0 Å². The zero-order valence-electron chi connectivity index (χ0n) is 29.8. The van der Waals surface area contributed by atoms with Gasteiger partial charge in [0.05, 0.1) is 13.2 Å². The van der Waals surface area contributed by atoms with Crippen molar-refractivity contribution in [2.24, 2.45) is 5.73 Å². The summed E-state index contributed by atoms with van der Waals surface area (Å²) in [6.07, 6.45) is 29.7. The highest BCUT2D eigenvalue weighted by molar-refractivity contribution is 7.47. The Hall–Kier alpha value is -2.04. The van der Waals surface area contributed by atoms with Crippen LogP contribution in [0.15, 0.2) is 24.3 Å². The lowest BCUT2D eigenvalue weighted by Gasteiger charge is -2.20. The van der Waals surface area contributed by atoms with E-state index in [2.05, 4.69) is 42.7 Å². The quantitative estimate of drug-likeness (QED) is 0.0253. The van der Waals surface area contributed by atoms with E-state index < -0.39 is 51.1 Å². The van der Waals surface area contributed by atoms with Crippen molar-refractivity contribution in [3.8, 4) is 0 Å². The number of allylic oxidation sites excluding steroid dienone is 4. The normalized spacial score (nSPS) is 14.2. The van der Waals surface area contributed by atoms with E-state index in [9.17, 15) is 23.8 Å². The monoisotopic (exact) mass is 703 g/mol. The average molecular weight is 704 g/mol. The Morgan fingerprint density at radius 1 is 0.625 bits per heavy atom. The number of carboxylic acid groups (broad SMARTS) is 1. The number of aliphatic carboxylic acids is 1. The summed E-state index contributed by atoms with van der Waals surface area (Å²) in [6.45, 7) is 2.70. The number of hydrogen-bond donors (Lipinski definition) is 3. The Kier molecular flexibility index (Phi) is 30.8. The second-order valence-corrected chi connectivity index (χ2v) is 13.8. The molecule has 0 saturated heterocycles. The molecule has 0 aliphatic carbocycles. The summed E-state index contributed by atoms with van der Waals surface area (Å²) >= 11 is 0. The van der Waals surface area contributed by atoms with Crippen molar-refractivity contribution in [3.05, 3.63) is 24.3 Å². The van der Waals surface area contributed by atoms with Crippen molar-refractivity contribution >= 4 is 25.7 Å². The number of nitrogens with two attached hydrogens (primary N) is 1. The van der Waals surface area contributed by atoms with Crippen molar-refractivity contribution in [2.75, 3.05) is 19.8 Å². The van der Waals surface area contributed by atoms with E-state index in [4.69, 9.17) is 24.8 Å². The van der Waals surface area contributed by atoms with Gasteiger partial charge in [-0.25, -0.2) is 4.57 Å². The number of rotatable bonds is 34. The molecule has 0 aromatic carbocycles. The van der Waals surface area contributed by atoms with E-state index in [-0.39, 0.29) is 19.4 Å².